The lowest BCUT2D eigenvalue weighted by Gasteiger charge is -2.25. The second-order valence-corrected chi connectivity index (χ2v) is 8.29. The van der Waals surface area contributed by atoms with Crippen molar-refractivity contribution in [3.8, 4) is 11.1 Å². The number of imide groups is 1. The van der Waals surface area contributed by atoms with Crippen molar-refractivity contribution in [3.05, 3.63) is 69.9 Å². The monoisotopic (exact) mass is 475 g/mol. The summed E-state index contributed by atoms with van der Waals surface area (Å²) in [4.78, 5) is 45.8. The van der Waals surface area contributed by atoms with E-state index < -0.39 is 35.3 Å². The maximum Gasteiger partial charge on any atom is 0.433 e. The van der Waals surface area contributed by atoms with Crippen molar-refractivity contribution < 1.29 is 27.6 Å². The number of alkyl halides is 3. The molecule has 2 aromatic heterocycles. The van der Waals surface area contributed by atoms with Crippen LogP contribution < -0.4 is 16.0 Å². The molecule has 0 aliphatic carbocycles. The molecule has 1 fully saturated rings. The fraction of sp³-hybridized carbons (Fsp3) is 0.190. The molecule has 1 atom stereocenters. The van der Waals surface area contributed by atoms with E-state index >= 15 is 0 Å². The number of carbonyl (C=O) groups excluding carboxylic acids is 3. The Bertz CT molecular complexity index is 1240. The van der Waals surface area contributed by atoms with E-state index in [9.17, 15) is 27.6 Å². The SMILES string of the molecule is Cc1scnc1C1(CNC(=O)c2ccccc2-c2ccc(C(F)(F)F)nc2)NC(=O)NC1=O. The summed E-state index contributed by atoms with van der Waals surface area (Å²) < 4.78 is 38.5. The van der Waals surface area contributed by atoms with E-state index in [4.69, 9.17) is 0 Å². The molecule has 0 radical (unpaired) electrons. The van der Waals surface area contributed by atoms with Crippen LogP contribution >= 0.6 is 11.3 Å². The fourth-order valence-corrected chi connectivity index (χ4v) is 4.20. The van der Waals surface area contributed by atoms with E-state index in [-0.39, 0.29) is 12.1 Å². The Morgan fingerprint density at radius 2 is 1.91 bits per heavy atom. The molecule has 0 bridgehead atoms. The first-order valence-electron chi connectivity index (χ1n) is 9.57. The summed E-state index contributed by atoms with van der Waals surface area (Å²) in [6.07, 6.45) is -3.54. The molecule has 4 rings (SSSR count). The van der Waals surface area contributed by atoms with Crippen molar-refractivity contribution in [1.82, 2.24) is 25.9 Å². The first kappa shape index (κ1) is 22.4. The molecule has 33 heavy (non-hydrogen) atoms. The Hall–Kier alpha value is -3.80. The zero-order valence-corrected chi connectivity index (χ0v) is 17.8. The van der Waals surface area contributed by atoms with Crippen LogP contribution in [0.5, 0.6) is 0 Å². The van der Waals surface area contributed by atoms with Crippen LogP contribution in [0.1, 0.15) is 26.6 Å². The molecule has 3 heterocycles. The molecular weight excluding hydrogens is 459 g/mol. The molecule has 0 saturated carbocycles. The highest BCUT2D eigenvalue weighted by molar-refractivity contribution is 7.09. The smallest absolute Gasteiger partial charge is 0.349 e. The number of rotatable bonds is 5. The minimum atomic E-state index is -4.58. The van der Waals surface area contributed by atoms with Crippen LogP contribution in [0.2, 0.25) is 0 Å². The third-order valence-corrected chi connectivity index (χ3v) is 5.90. The van der Waals surface area contributed by atoms with Gasteiger partial charge < -0.3 is 10.6 Å². The van der Waals surface area contributed by atoms with E-state index in [0.717, 1.165) is 12.3 Å². The molecule has 1 unspecified atom stereocenters. The van der Waals surface area contributed by atoms with Gasteiger partial charge in [0.05, 0.1) is 17.7 Å². The van der Waals surface area contributed by atoms with E-state index in [0.29, 0.717) is 21.7 Å². The summed E-state index contributed by atoms with van der Waals surface area (Å²) >= 11 is 1.28. The van der Waals surface area contributed by atoms with Crippen LogP contribution in [0.4, 0.5) is 18.0 Å². The first-order valence-corrected chi connectivity index (χ1v) is 10.4. The van der Waals surface area contributed by atoms with Gasteiger partial charge in [-0.25, -0.2) is 9.78 Å². The maximum atomic E-state index is 13.0. The van der Waals surface area contributed by atoms with Crippen LogP contribution in [0.15, 0.2) is 48.1 Å². The second kappa shape index (κ2) is 8.28. The molecule has 1 aromatic carbocycles. The molecule has 12 heteroatoms. The van der Waals surface area contributed by atoms with Gasteiger partial charge in [-0.3, -0.25) is 19.9 Å². The highest BCUT2D eigenvalue weighted by atomic mass is 32.1. The van der Waals surface area contributed by atoms with Gasteiger partial charge in [-0.05, 0) is 24.6 Å². The molecule has 0 spiro atoms. The number of nitrogens with zero attached hydrogens (tertiary/aromatic N) is 2. The Balaban J connectivity index is 1.61. The second-order valence-electron chi connectivity index (χ2n) is 7.23. The lowest BCUT2D eigenvalue weighted by Crippen LogP contribution is -2.53. The van der Waals surface area contributed by atoms with Crippen molar-refractivity contribution >= 4 is 29.2 Å². The molecule has 3 aromatic rings. The quantitative estimate of drug-likeness (QED) is 0.491. The van der Waals surface area contributed by atoms with Crippen LogP contribution in [0.3, 0.4) is 0 Å². The normalized spacial score (nSPS) is 18.1. The molecule has 4 amide bonds. The number of carbonyl (C=O) groups is 3. The van der Waals surface area contributed by atoms with E-state index in [1.165, 1.54) is 29.0 Å². The molecule has 1 aliphatic heterocycles. The largest absolute Gasteiger partial charge is 0.433 e. The third-order valence-electron chi connectivity index (χ3n) is 5.14. The van der Waals surface area contributed by atoms with Crippen molar-refractivity contribution in [2.24, 2.45) is 0 Å². The van der Waals surface area contributed by atoms with Crippen molar-refractivity contribution in [1.29, 1.82) is 0 Å². The lowest BCUT2D eigenvalue weighted by atomic mass is 9.93. The number of urea groups is 1. The Kier molecular flexibility index (Phi) is 5.62. The highest BCUT2D eigenvalue weighted by Gasteiger charge is 2.50. The summed E-state index contributed by atoms with van der Waals surface area (Å²) in [7, 11) is 0. The predicted octanol–water partition coefficient (Wildman–Crippen LogP) is 3.00. The van der Waals surface area contributed by atoms with Crippen LogP contribution in [-0.2, 0) is 16.5 Å². The summed E-state index contributed by atoms with van der Waals surface area (Å²) in [5, 5.41) is 7.36. The van der Waals surface area contributed by atoms with Crippen LogP contribution in [0.25, 0.3) is 11.1 Å². The highest BCUT2D eigenvalue weighted by Crippen LogP contribution is 2.31. The van der Waals surface area contributed by atoms with E-state index in [2.05, 4.69) is 25.9 Å². The molecule has 8 nitrogen and oxygen atoms in total. The molecule has 3 N–H and O–H groups in total. The minimum Gasteiger partial charge on any atom is -0.349 e. The van der Waals surface area contributed by atoms with Gasteiger partial charge in [0.1, 0.15) is 5.69 Å². The number of benzene rings is 1. The number of nitrogens with one attached hydrogen (secondary N) is 3. The molecule has 1 saturated heterocycles. The topological polar surface area (TPSA) is 113 Å². The van der Waals surface area contributed by atoms with Gasteiger partial charge >= 0.3 is 12.2 Å². The number of hydrogen-bond donors (Lipinski definition) is 3. The van der Waals surface area contributed by atoms with Gasteiger partial charge in [0.2, 0.25) is 0 Å². The van der Waals surface area contributed by atoms with Crippen molar-refractivity contribution in [2.45, 2.75) is 18.6 Å². The summed E-state index contributed by atoms with van der Waals surface area (Å²) in [6, 6.07) is 7.65. The van der Waals surface area contributed by atoms with Gasteiger partial charge in [0, 0.05) is 22.2 Å². The molecule has 1 aliphatic rings. The van der Waals surface area contributed by atoms with E-state index in [1.54, 1.807) is 25.1 Å². The average molecular weight is 475 g/mol. The minimum absolute atomic E-state index is 0.161. The number of amides is 4. The van der Waals surface area contributed by atoms with Gasteiger partial charge in [0.15, 0.2) is 5.54 Å². The number of hydrogen-bond acceptors (Lipinski definition) is 6. The van der Waals surface area contributed by atoms with Gasteiger partial charge in [-0.1, -0.05) is 24.3 Å². The first-order chi connectivity index (χ1) is 15.6. The maximum absolute atomic E-state index is 13.0. The Morgan fingerprint density at radius 1 is 1.15 bits per heavy atom. The average Bonchev–Trinajstić information content (AvgIpc) is 3.34. The number of aryl methyl sites for hydroxylation is 1. The Morgan fingerprint density at radius 3 is 2.48 bits per heavy atom. The van der Waals surface area contributed by atoms with Gasteiger partial charge in [-0.2, -0.15) is 13.2 Å². The van der Waals surface area contributed by atoms with Gasteiger partial charge in [-0.15, -0.1) is 11.3 Å². The number of thiazole rings is 1. The summed E-state index contributed by atoms with van der Waals surface area (Å²) in [5.74, 6) is -1.24. The van der Waals surface area contributed by atoms with Crippen molar-refractivity contribution in [3.63, 3.8) is 0 Å². The fourth-order valence-electron chi connectivity index (χ4n) is 3.54. The lowest BCUT2D eigenvalue weighted by molar-refractivity contribution is -0.141. The summed E-state index contributed by atoms with van der Waals surface area (Å²) in [5.41, 5.74) is 0.0448. The van der Waals surface area contributed by atoms with Crippen LogP contribution in [0, 0.1) is 6.92 Å². The number of halogens is 3. The zero-order chi connectivity index (χ0) is 23.8. The number of aromatic nitrogens is 2. The van der Waals surface area contributed by atoms with Crippen LogP contribution in [-0.4, -0.2) is 34.4 Å². The molecular formula is C21H16F3N5O3S. The number of pyridine rings is 1. The van der Waals surface area contributed by atoms with Crippen molar-refractivity contribution in [2.75, 3.05) is 6.54 Å². The molecule has 170 valence electrons. The summed E-state index contributed by atoms with van der Waals surface area (Å²) in [6.45, 7) is 1.45. The van der Waals surface area contributed by atoms with Gasteiger partial charge in [0.25, 0.3) is 11.8 Å². The van der Waals surface area contributed by atoms with E-state index in [1.807, 2.05) is 0 Å². The standard InChI is InChI=1S/C21H16F3N5O3S/c1-11-16(27-10-33-11)20(18(31)28-19(32)29-20)9-26-17(30)14-5-3-2-4-13(14)12-6-7-15(25-8-12)21(22,23)24/h2-8,10H,9H2,1H3,(H,26,30)(H2,28,29,31,32). The zero-order valence-electron chi connectivity index (χ0n) is 17.0. The third kappa shape index (κ3) is 4.16. The predicted molar refractivity (Wildman–Crippen MR) is 112 cm³/mol. The Labute approximate surface area is 189 Å².